The number of aromatic nitrogens is 1. The Morgan fingerprint density at radius 3 is 3.00 bits per heavy atom. The van der Waals surface area contributed by atoms with Crippen molar-refractivity contribution in [3.63, 3.8) is 0 Å². The summed E-state index contributed by atoms with van der Waals surface area (Å²) < 4.78 is 0. The molecule has 0 aliphatic carbocycles. The lowest BCUT2D eigenvalue weighted by atomic mass is 9.86. The van der Waals surface area contributed by atoms with Crippen LogP contribution in [0.25, 0.3) is 0 Å². The summed E-state index contributed by atoms with van der Waals surface area (Å²) in [5.41, 5.74) is 0.953. The van der Waals surface area contributed by atoms with Gasteiger partial charge in [0.15, 0.2) is 0 Å². The zero-order valence-electron chi connectivity index (χ0n) is 11.6. The van der Waals surface area contributed by atoms with Gasteiger partial charge in [0.1, 0.15) is 0 Å². The summed E-state index contributed by atoms with van der Waals surface area (Å²) in [4.78, 5) is 21.4. The van der Waals surface area contributed by atoms with Gasteiger partial charge in [-0.25, -0.2) is 9.86 Å². The molecule has 104 valence electrons. The first kappa shape index (κ1) is 13.8. The summed E-state index contributed by atoms with van der Waals surface area (Å²) in [6, 6.07) is 3.78. The van der Waals surface area contributed by atoms with Crippen LogP contribution in [0.3, 0.4) is 0 Å². The second-order valence-electron chi connectivity index (χ2n) is 5.43. The van der Waals surface area contributed by atoms with Gasteiger partial charge in [0.25, 0.3) is 0 Å². The number of hydroxylamine groups is 2. The number of nitrogens with zero attached hydrogens (tertiary/aromatic N) is 2. The molecule has 1 aliphatic heterocycles. The van der Waals surface area contributed by atoms with E-state index in [2.05, 4.69) is 24.1 Å². The molecule has 1 fully saturated rings. The van der Waals surface area contributed by atoms with Gasteiger partial charge in [-0.3, -0.25) is 9.82 Å². The van der Waals surface area contributed by atoms with Crippen molar-refractivity contribution in [1.29, 1.82) is 0 Å². The lowest BCUT2D eigenvalue weighted by Crippen LogP contribution is -2.46. The second kappa shape index (κ2) is 6.02. The molecule has 2 amide bonds. The van der Waals surface area contributed by atoms with Gasteiger partial charge in [0.05, 0.1) is 13.2 Å². The Balaban J connectivity index is 1.88. The summed E-state index contributed by atoms with van der Waals surface area (Å²) in [7, 11) is 0. The monoisotopic (exact) mass is 263 g/mol. The van der Waals surface area contributed by atoms with Crippen molar-refractivity contribution >= 4 is 6.03 Å². The molecule has 0 unspecified atom stereocenters. The molecule has 2 heterocycles. The van der Waals surface area contributed by atoms with E-state index in [9.17, 15) is 4.79 Å². The number of urea groups is 1. The molecule has 1 aromatic heterocycles. The number of amides is 2. The van der Waals surface area contributed by atoms with E-state index >= 15 is 0 Å². The zero-order valence-corrected chi connectivity index (χ0v) is 11.6. The Morgan fingerprint density at radius 2 is 2.37 bits per heavy atom. The number of hydrogen-bond acceptors (Lipinski definition) is 3. The van der Waals surface area contributed by atoms with Crippen molar-refractivity contribution in [2.24, 2.45) is 0 Å². The maximum absolute atomic E-state index is 12.0. The Labute approximate surface area is 113 Å². The maximum atomic E-state index is 12.0. The average Bonchev–Trinajstić information content (AvgIpc) is 2.47. The van der Waals surface area contributed by atoms with Gasteiger partial charge in [-0.1, -0.05) is 19.9 Å². The van der Waals surface area contributed by atoms with E-state index in [4.69, 9.17) is 4.84 Å². The molecule has 0 spiro atoms. The van der Waals surface area contributed by atoms with Crippen molar-refractivity contribution in [3.05, 3.63) is 30.1 Å². The van der Waals surface area contributed by atoms with Gasteiger partial charge in [-0.2, -0.15) is 0 Å². The van der Waals surface area contributed by atoms with Crippen LogP contribution in [-0.2, 0) is 10.3 Å². The number of carbonyl (C=O) groups excluding carboxylic acids is 1. The maximum Gasteiger partial charge on any atom is 0.341 e. The Kier molecular flexibility index (Phi) is 4.37. The molecule has 1 aromatic rings. The molecular formula is C14H21N3O2. The fraction of sp³-hybridized carbons (Fsp3) is 0.571. The summed E-state index contributed by atoms with van der Waals surface area (Å²) in [5.74, 6) is 0. The largest absolute Gasteiger partial charge is 0.341 e. The van der Waals surface area contributed by atoms with Crippen LogP contribution < -0.4 is 5.32 Å². The third-order valence-electron chi connectivity index (χ3n) is 3.35. The minimum absolute atomic E-state index is 0.153. The van der Waals surface area contributed by atoms with Gasteiger partial charge < -0.3 is 5.32 Å². The number of rotatable bonds is 3. The molecule has 1 aliphatic rings. The summed E-state index contributed by atoms with van der Waals surface area (Å²) in [6.07, 6.45) is 5.60. The zero-order chi connectivity index (χ0) is 13.7. The molecule has 19 heavy (non-hydrogen) atoms. The van der Waals surface area contributed by atoms with Crippen LogP contribution in [0, 0.1) is 0 Å². The molecular weight excluding hydrogens is 242 g/mol. The Hall–Kier alpha value is -1.62. The Bertz CT molecular complexity index is 414. The molecule has 5 heteroatoms. The fourth-order valence-corrected chi connectivity index (χ4v) is 2.01. The predicted octanol–water partition coefficient (Wildman–Crippen LogP) is 2.10. The number of carbonyl (C=O) groups is 1. The normalized spacial score (nSPS) is 16.2. The fourth-order valence-electron chi connectivity index (χ4n) is 2.01. The van der Waals surface area contributed by atoms with Crippen molar-refractivity contribution in [2.75, 3.05) is 19.7 Å². The highest BCUT2D eigenvalue weighted by Crippen LogP contribution is 2.21. The Morgan fingerprint density at radius 1 is 1.53 bits per heavy atom. The highest BCUT2D eigenvalue weighted by Gasteiger charge is 2.24. The molecule has 0 aromatic carbocycles. The summed E-state index contributed by atoms with van der Waals surface area (Å²) in [6.45, 7) is 6.01. The second-order valence-corrected chi connectivity index (χ2v) is 5.43. The van der Waals surface area contributed by atoms with Gasteiger partial charge in [-0.05, 0) is 24.5 Å². The van der Waals surface area contributed by atoms with Crippen LogP contribution in [0.2, 0.25) is 0 Å². The molecule has 5 nitrogen and oxygen atoms in total. The first-order chi connectivity index (χ1) is 9.09. The highest BCUT2D eigenvalue weighted by molar-refractivity contribution is 5.73. The van der Waals surface area contributed by atoms with Crippen molar-refractivity contribution in [1.82, 2.24) is 15.4 Å². The van der Waals surface area contributed by atoms with E-state index in [1.54, 1.807) is 6.20 Å². The molecule has 0 saturated carbocycles. The lowest BCUT2D eigenvalue weighted by molar-refractivity contribution is -0.139. The van der Waals surface area contributed by atoms with Crippen LogP contribution in [0.1, 0.15) is 32.3 Å². The third kappa shape index (κ3) is 3.67. The van der Waals surface area contributed by atoms with Gasteiger partial charge in [0, 0.05) is 24.4 Å². The van der Waals surface area contributed by atoms with E-state index in [1.165, 1.54) is 5.06 Å². The molecule has 0 radical (unpaired) electrons. The molecule has 1 saturated heterocycles. The van der Waals surface area contributed by atoms with Gasteiger partial charge >= 0.3 is 6.03 Å². The first-order valence-corrected chi connectivity index (χ1v) is 6.68. The van der Waals surface area contributed by atoms with E-state index < -0.39 is 0 Å². The third-order valence-corrected chi connectivity index (χ3v) is 3.35. The van der Waals surface area contributed by atoms with Crippen LogP contribution >= 0.6 is 0 Å². The summed E-state index contributed by atoms with van der Waals surface area (Å²) in [5, 5.41) is 4.34. The minimum Gasteiger partial charge on any atom is -0.335 e. The average molecular weight is 263 g/mol. The predicted molar refractivity (Wildman–Crippen MR) is 72.6 cm³/mol. The number of nitrogens with one attached hydrogen (secondary N) is 1. The number of hydrogen-bond donors (Lipinski definition) is 1. The van der Waals surface area contributed by atoms with Gasteiger partial charge in [-0.15, -0.1) is 0 Å². The standard InChI is InChI=1S/C14H21N3O2/c1-14(2,12-6-5-7-15-10-12)11-16-13(18)17-8-3-4-9-19-17/h5-7,10H,3-4,8-9,11H2,1-2H3,(H,16,18). The molecule has 1 N–H and O–H groups in total. The van der Waals surface area contributed by atoms with Crippen LogP contribution in [0.4, 0.5) is 4.79 Å². The first-order valence-electron chi connectivity index (χ1n) is 6.68. The van der Waals surface area contributed by atoms with Gasteiger partial charge in [0.2, 0.25) is 0 Å². The quantitative estimate of drug-likeness (QED) is 0.908. The van der Waals surface area contributed by atoms with Crippen LogP contribution in [0.15, 0.2) is 24.5 Å². The topological polar surface area (TPSA) is 54.5 Å². The van der Waals surface area contributed by atoms with Crippen molar-refractivity contribution in [2.45, 2.75) is 32.1 Å². The number of pyridine rings is 1. The van der Waals surface area contributed by atoms with E-state index in [0.29, 0.717) is 19.7 Å². The van der Waals surface area contributed by atoms with Crippen LogP contribution in [-0.4, -0.2) is 35.8 Å². The van der Waals surface area contributed by atoms with Crippen molar-refractivity contribution in [3.8, 4) is 0 Å². The summed E-state index contributed by atoms with van der Waals surface area (Å²) >= 11 is 0. The molecule has 2 rings (SSSR count). The lowest BCUT2D eigenvalue weighted by Gasteiger charge is -2.29. The highest BCUT2D eigenvalue weighted by atomic mass is 16.7. The molecule has 0 atom stereocenters. The molecule has 0 bridgehead atoms. The van der Waals surface area contributed by atoms with Crippen molar-refractivity contribution < 1.29 is 9.63 Å². The van der Waals surface area contributed by atoms with E-state index in [-0.39, 0.29) is 11.4 Å². The smallest absolute Gasteiger partial charge is 0.335 e. The SMILES string of the molecule is CC(C)(CNC(=O)N1CCCCO1)c1cccnc1. The minimum atomic E-state index is -0.156. The van der Waals surface area contributed by atoms with E-state index in [1.807, 2.05) is 18.3 Å². The van der Waals surface area contributed by atoms with Crippen LogP contribution in [0.5, 0.6) is 0 Å². The van der Waals surface area contributed by atoms with E-state index in [0.717, 1.165) is 18.4 Å².